The van der Waals surface area contributed by atoms with Gasteiger partial charge in [-0.2, -0.15) is 0 Å². The van der Waals surface area contributed by atoms with Crippen LogP contribution in [0.3, 0.4) is 0 Å². The van der Waals surface area contributed by atoms with E-state index < -0.39 is 4.92 Å². The van der Waals surface area contributed by atoms with Gasteiger partial charge in [0.05, 0.1) is 4.92 Å². The average Bonchev–Trinajstić information content (AvgIpc) is 2.63. The quantitative estimate of drug-likeness (QED) is 0.608. The van der Waals surface area contributed by atoms with Crippen LogP contribution in [0.2, 0.25) is 0 Å². The predicted molar refractivity (Wildman–Crippen MR) is 99.1 cm³/mol. The van der Waals surface area contributed by atoms with Crippen LogP contribution in [0.4, 0.5) is 11.4 Å². The number of aryl methyl sites for hydroxylation is 1. The Bertz CT molecular complexity index is 803. The number of nitrogens with one attached hydrogen (secondary N) is 1. The van der Waals surface area contributed by atoms with Crippen molar-refractivity contribution in [3.8, 4) is 0 Å². The van der Waals surface area contributed by atoms with E-state index in [1.807, 2.05) is 32.0 Å². The Morgan fingerprint density at radius 1 is 1.12 bits per heavy atom. The smallest absolute Gasteiger partial charge is 0.269 e. The van der Waals surface area contributed by atoms with Crippen molar-refractivity contribution < 1.29 is 14.5 Å². The maximum absolute atomic E-state index is 12.6. The number of hydrogen-bond donors (Lipinski definition) is 1. The highest BCUT2D eigenvalue weighted by molar-refractivity contribution is 5.99. The molecule has 7 nitrogen and oxygen atoms in total. The maximum Gasteiger partial charge on any atom is 0.269 e. The Hall–Kier alpha value is -3.22. The van der Waals surface area contributed by atoms with E-state index in [1.54, 1.807) is 6.07 Å². The van der Waals surface area contributed by atoms with Gasteiger partial charge in [0.1, 0.15) is 6.54 Å². The van der Waals surface area contributed by atoms with Gasteiger partial charge in [-0.15, -0.1) is 0 Å². The van der Waals surface area contributed by atoms with Crippen LogP contribution in [0.5, 0.6) is 0 Å². The number of amides is 2. The molecular weight excluding hydrogens is 334 g/mol. The summed E-state index contributed by atoms with van der Waals surface area (Å²) in [5, 5.41) is 13.5. The van der Waals surface area contributed by atoms with Crippen LogP contribution >= 0.6 is 0 Å². The molecule has 26 heavy (non-hydrogen) atoms. The molecule has 0 saturated carbocycles. The van der Waals surface area contributed by atoms with Crippen LogP contribution < -0.4 is 5.32 Å². The third-order valence-corrected chi connectivity index (χ3v) is 3.86. The number of nitrogens with zero attached hydrogens (tertiary/aromatic N) is 2. The number of carbonyl (C=O) groups is 2. The minimum atomic E-state index is -0.520. The molecule has 1 N–H and O–H groups in total. The number of rotatable bonds is 7. The van der Waals surface area contributed by atoms with Gasteiger partial charge in [0.2, 0.25) is 5.91 Å². The molecule has 0 fully saturated rings. The molecule has 2 aromatic carbocycles. The highest BCUT2D eigenvalue weighted by atomic mass is 16.6. The van der Waals surface area contributed by atoms with E-state index in [4.69, 9.17) is 0 Å². The first kappa shape index (κ1) is 19.1. The van der Waals surface area contributed by atoms with Gasteiger partial charge in [-0.05, 0) is 37.1 Å². The lowest BCUT2D eigenvalue weighted by Crippen LogP contribution is -2.38. The first-order chi connectivity index (χ1) is 12.4. The van der Waals surface area contributed by atoms with Crippen molar-refractivity contribution in [1.29, 1.82) is 0 Å². The van der Waals surface area contributed by atoms with E-state index >= 15 is 0 Å². The van der Waals surface area contributed by atoms with Crippen LogP contribution in [0.1, 0.15) is 29.3 Å². The van der Waals surface area contributed by atoms with Crippen LogP contribution in [0.15, 0.2) is 48.5 Å². The van der Waals surface area contributed by atoms with Gasteiger partial charge in [0.25, 0.3) is 11.6 Å². The number of para-hydroxylation sites is 1. The molecule has 0 spiro atoms. The number of hydrogen-bond acceptors (Lipinski definition) is 4. The summed E-state index contributed by atoms with van der Waals surface area (Å²) in [6, 6.07) is 12.8. The molecule has 136 valence electrons. The molecule has 0 aliphatic rings. The fourth-order valence-corrected chi connectivity index (χ4v) is 2.51. The van der Waals surface area contributed by atoms with E-state index in [0.717, 1.165) is 5.56 Å². The topological polar surface area (TPSA) is 92.6 Å². The summed E-state index contributed by atoms with van der Waals surface area (Å²) in [5.74, 6) is -0.621. The molecule has 2 amide bonds. The van der Waals surface area contributed by atoms with E-state index in [0.29, 0.717) is 24.2 Å². The third kappa shape index (κ3) is 4.89. The zero-order chi connectivity index (χ0) is 19.1. The van der Waals surface area contributed by atoms with E-state index in [-0.39, 0.29) is 24.0 Å². The van der Waals surface area contributed by atoms with Gasteiger partial charge in [-0.3, -0.25) is 19.7 Å². The summed E-state index contributed by atoms with van der Waals surface area (Å²) in [5.41, 5.74) is 1.87. The van der Waals surface area contributed by atoms with Crippen molar-refractivity contribution in [3.63, 3.8) is 0 Å². The Labute approximate surface area is 151 Å². The molecule has 0 atom stereocenters. The van der Waals surface area contributed by atoms with Gasteiger partial charge >= 0.3 is 0 Å². The number of anilines is 1. The first-order valence-electron chi connectivity index (χ1n) is 8.31. The summed E-state index contributed by atoms with van der Waals surface area (Å²) in [4.78, 5) is 36.6. The molecule has 0 aliphatic carbocycles. The predicted octanol–water partition coefficient (Wildman–Crippen LogP) is 3.39. The van der Waals surface area contributed by atoms with Crippen LogP contribution in [-0.4, -0.2) is 34.7 Å². The van der Waals surface area contributed by atoms with Crippen LogP contribution in [0.25, 0.3) is 0 Å². The van der Waals surface area contributed by atoms with Crippen molar-refractivity contribution in [1.82, 2.24) is 4.90 Å². The molecule has 0 aliphatic heterocycles. The van der Waals surface area contributed by atoms with Crippen LogP contribution in [0, 0.1) is 17.0 Å². The summed E-state index contributed by atoms with van der Waals surface area (Å²) in [6.07, 6.45) is 0.691. The summed E-state index contributed by atoms with van der Waals surface area (Å²) in [6.45, 7) is 4.13. The zero-order valence-electron chi connectivity index (χ0n) is 14.8. The standard InChI is InChI=1S/C19H21N3O4/c1-3-12-21(13-18(23)20-17-7-5-4-6-14(17)2)19(24)15-8-10-16(11-9-15)22(25)26/h4-11H,3,12-13H2,1-2H3,(H,20,23). The number of nitro groups is 1. The SMILES string of the molecule is CCCN(CC(=O)Nc1ccccc1C)C(=O)c1ccc([N+](=O)[O-])cc1. The van der Waals surface area contributed by atoms with Crippen molar-refractivity contribution >= 4 is 23.2 Å². The van der Waals surface area contributed by atoms with E-state index in [1.165, 1.54) is 29.2 Å². The molecule has 7 heteroatoms. The summed E-state index contributed by atoms with van der Waals surface area (Å²) in [7, 11) is 0. The number of carbonyl (C=O) groups excluding carboxylic acids is 2. The lowest BCUT2D eigenvalue weighted by atomic mass is 10.1. The molecule has 0 radical (unpaired) electrons. The van der Waals surface area contributed by atoms with Crippen molar-refractivity contribution in [2.75, 3.05) is 18.4 Å². The molecule has 0 aromatic heterocycles. The van der Waals surface area contributed by atoms with Gasteiger partial charge < -0.3 is 10.2 Å². The normalized spacial score (nSPS) is 10.2. The fraction of sp³-hybridized carbons (Fsp3) is 0.263. The van der Waals surface area contributed by atoms with Gasteiger partial charge in [-0.1, -0.05) is 25.1 Å². The molecule has 0 saturated heterocycles. The Kier molecular flexibility index (Phi) is 6.43. The Morgan fingerprint density at radius 3 is 2.35 bits per heavy atom. The van der Waals surface area contributed by atoms with E-state index in [9.17, 15) is 19.7 Å². The lowest BCUT2D eigenvalue weighted by Gasteiger charge is -2.22. The molecule has 0 heterocycles. The molecule has 0 unspecified atom stereocenters. The largest absolute Gasteiger partial charge is 0.329 e. The first-order valence-corrected chi connectivity index (χ1v) is 8.31. The van der Waals surface area contributed by atoms with E-state index in [2.05, 4.69) is 5.32 Å². The minimum Gasteiger partial charge on any atom is -0.329 e. The minimum absolute atomic E-state index is 0.0825. The Balaban J connectivity index is 2.09. The maximum atomic E-state index is 12.6. The van der Waals surface area contributed by atoms with Gasteiger partial charge in [0.15, 0.2) is 0 Å². The Morgan fingerprint density at radius 2 is 1.77 bits per heavy atom. The number of non-ortho nitro benzene ring substituents is 1. The molecular formula is C19H21N3O4. The second-order valence-corrected chi connectivity index (χ2v) is 5.89. The van der Waals surface area contributed by atoms with Crippen LogP contribution in [-0.2, 0) is 4.79 Å². The highest BCUT2D eigenvalue weighted by Crippen LogP contribution is 2.15. The number of benzene rings is 2. The molecule has 2 rings (SSSR count). The third-order valence-electron chi connectivity index (χ3n) is 3.86. The average molecular weight is 355 g/mol. The second kappa shape index (κ2) is 8.75. The van der Waals surface area contributed by atoms with Crippen molar-refractivity contribution in [2.24, 2.45) is 0 Å². The fourth-order valence-electron chi connectivity index (χ4n) is 2.51. The van der Waals surface area contributed by atoms with Gasteiger partial charge in [-0.25, -0.2) is 0 Å². The van der Waals surface area contributed by atoms with Crippen molar-refractivity contribution in [2.45, 2.75) is 20.3 Å². The highest BCUT2D eigenvalue weighted by Gasteiger charge is 2.19. The zero-order valence-corrected chi connectivity index (χ0v) is 14.8. The monoisotopic (exact) mass is 355 g/mol. The second-order valence-electron chi connectivity index (χ2n) is 5.89. The number of nitro benzene ring substituents is 1. The summed E-state index contributed by atoms with van der Waals surface area (Å²) < 4.78 is 0. The molecule has 0 bridgehead atoms. The summed E-state index contributed by atoms with van der Waals surface area (Å²) >= 11 is 0. The van der Waals surface area contributed by atoms with Gasteiger partial charge in [0, 0.05) is 29.9 Å². The lowest BCUT2D eigenvalue weighted by molar-refractivity contribution is -0.384. The van der Waals surface area contributed by atoms with Crippen molar-refractivity contribution in [3.05, 3.63) is 69.8 Å². The molecule has 2 aromatic rings.